The van der Waals surface area contributed by atoms with E-state index in [1.54, 1.807) is 4.80 Å². The van der Waals surface area contributed by atoms with E-state index in [1.807, 2.05) is 73.6 Å². The van der Waals surface area contributed by atoms with Crippen LogP contribution in [0.2, 0.25) is 0 Å². The minimum atomic E-state index is -0.506. The molecular formula is C27H37N5O2. The van der Waals surface area contributed by atoms with Crippen molar-refractivity contribution in [2.75, 3.05) is 0 Å². The Morgan fingerprint density at radius 3 is 2.12 bits per heavy atom. The third-order valence-corrected chi connectivity index (χ3v) is 5.30. The highest BCUT2D eigenvalue weighted by Gasteiger charge is 2.27. The maximum atomic E-state index is 12.6. The standard InChI is InChI=1S/C27H37N5O2/c1-18(2)23(25(33)34-27(6,7)8)28-17-19-13-15-20(16-14-19)21-11-9-10-12-22(21)24-29-31-32(30-24)26(3,4)5/h9-16,18,23,28H,17H2,1-8H3/t23-/m0/s1. The summed E-state index contributed by atoms with van der Waals surface area (Å²) in [4.78, 5) is 14.2. The van der Waals surface area contributed by atoms with Crippen LogP contribution in [0.15, 0.2) is 48.5 Å². The number of carbonyl (C=O) groups is 1. The molecule has 0 aliphatic heterocycles. The summed E-state index contributed by atoms with van der Waals surface area (Å²) < 4.78 is 5.58. The predicted molar refractivity (Wildman–Crippen MR) is 135 cm³/mol. The number of nitrogens with one attached hydrogen (secondary N) is 1. The van der Waals surface area contributed by atoms with Crippen LogP contribution in [0, 0.1) is 5.92 Å². The van der Waals surface area contributed by atoms with E-state index in [0.717, 1.165) is 22.3 Å². The zero-order chi connectivity index (χ0) is 25.1. The molecule has 1 aromatic heterocycles. The second-order valence-electron chi connectivity index (χ2n) is 11.0. The number of tetrazole rings is 1. The molecular weight excluding hydrogens is 426 g/mol. The Morgan fingerprint density at radius 1 is 0.971 bits per heavy atom. The first-order valence-electron chi connectivity index (χ1n) is 11.8. The normalized spacial score (nSPS) is 13.2. The Morgan fingerprint density at radius 2 is 1.59 bits per heavy atom. The summed E-state index contributed by atoms with van der Waals surface area (Å²) >= 11 is 0. The van der Waals surface area contributed by atoms with Gasteiger partial charge in [0.25, 0.3) is 0 Å². The maximum Gasteiger partial charge on any atom is 0.323 e. The molecule has 0 unspecified atom stereocenters. The lowest BCUT2D eigenvalue weighted by Crippen LogP contribution is -2.44. The Labute approximate surface area is 202 Å². The molecule has 3 aromatic rings. The Kier molecular flexibility index (Phi) is 7.56. The van der Waals surface area contributed by atoms with Crippen LogP contribution in [-0.4, -0.2) is 37.8 Å². The quantitative estimate of drug-likeness (QED) is 0.484. The van der Waals surface area contributed by atoms with Crippen molar-refractivity contribution in [2.24, 2.45) is 5.92 Å². The van der Waals surface area contributed by atoms with Gasteiger partial charge in [0.1, 0.15) is 11.6 Å². The summed E-state index contributed by atoms with van der Waals surface area (Å²) in [6.45, 7) is 16.4. The zero-order valence-electron chi connectivity index (χ0n) is 21.6. The first kappa shape index (κ1) is 25.6. The number of hydrogen-bond acceptors (Lipinski definition) is 6. The summed E-state index contributed by atoms with van der Waals surface area (Å²) in [5.41, 5.74) is 3.40. The number of ether oxygens (including phenoxy) is 1. The summed E-state index contributed by atoms with van der Waals surface area (Å²) in [6.07, 6.45) is 0. The Balaban J connectivity index is 1.76. The topological polar surface area (TPSA) is 81.9 Å². The molecule has 0 spiro atoms. The summed E-state index contributed by atoms with van der Waals surface area (Å²) in [7, 11) is 0. The van der Waals surface area contributed by atoms with Gasteiger partial charge < -0.3 is 10.1 Å². The molecule has 182 valence electrons. The van der Waals surface area contributed by atoms with Crippen molar-refractivity contribution in [3.05, 3.63) is 54.1 Å². The number of benzene rings is 2. The lowest BCUT2D eigenvalue weighted by Gasteiger charge is -2.26. The van der Waals surface area contributed by atoms with Crippen molar-refractivity contribution < 1.29 is 9.53 Å². The molecule has 7 heteroatoms. The minimum Gasteiger partial charge on any atom is -0.459 e. The van der Waals surface area contributed by atoms with Crippen LogP contribution in [0.1, 0.15) is 61.0 Å². The minimum absolute atomic E-state index is 0.120. The molecule has 3 rings (SSSR count). The number of aromatic nitrogens is 4. The van der Waals surface area contributed by atoms with Crippen LogP contribution in [0.25, 0.3) is 22.5 Å². The fraction of sp³-hybridized carbons (Fsp3) is 0.481. The smallest absolute Gasteiger partial charge is 0.323 e. The molecule has 0 radical (unpaired) electrons. The van der Waals surface area contributed by atoms with E-state index >= 15 is 0 Å². The fourth-order valence-corrected chi connectivity index (χ4v) is 3.52. The van der Waals surface area contributed by atoms with Crippen LogP contribution >= 0.6 is 0 Å². The monoisotopic (exact) mass is 463 g/mol. The SMILES string of the molecule is CC(C)[C@H](NCc1ccc(-c2ccccc2-c2nnn(C(C)(C)C)n2)cc1)C(=O)OC(C)(C)C. The van der Waals surface area contributed by atoms with E-state index in [9.17, 15) is 4.79 Å². The van der Waals surface area contributed by atoms with Gasteiger partial charge in [-0.3, -0.25) is 4.79 Å². The number of nitrogens with zero attached hydrogens (tertiary/aromatic N) is 4. The van der Waals surface area contributed by atoms with Gasteiger partial charge in [0.15, 0.2) is 0 Å². The van der Waals surface area contributed by atoms with Gasteiger partial charge in [-0.25, -0.2) is 0 Å². The average Bonchev–Trinajstić information content (AvgIpc) is 3.24. The van der Waals surface area contributed by atoms with Crippen molar-refractivity contribution in [1.82, 2.24) is 25.5 Å². The van der Waals surface area contributed by atoms with E-state index < -0.39 is 5.60 Å². The largest absolute Gasteiger partial charge is 0.459 e. The van der Waals surface area contributed by atoms with Crippen LogP contribution in [0.4, 0.5) is 0 Å². The molecule has 0 saturated heterocycles. The average molecular weight is 464 g/mol. The number of esters is 1. The van der Waals surface area contributed by atoms with Crippen LogP contribution < -0.4 is 5.32 Å². The van der Waals surface area contributed by atoms with Crippen LogP contribution in [0.5, 0.6) is 0 Å². The highest BCUT2D eigenvalue weighted by atomic mass is 16.6. The van der Waals surface area contributed by atoms with Gasteiger partial charge >= 0.3 is 5.97 Å². The second-order valence-corrected chi connectivity index (χ2v) is 11.0. The number of hydrogen-bond donors (Lipinski definition) is 1. The molecule has 0 amide bonds. The summed E-state index contributed by atoms with van der Waals surface area (Å²) in [5, 5.41) is 16.5. The van der Waals surface area contributed by atoms with Crippen LogP contribution in [-0.2, 0) is 21.6 Å². The van der Waals surface area contributed by atoms with Gasteiger partial charge in [-0.05, 0) is 69.4 Å². The van der Waals surface area contributed by atoms with E-state index in [4.69, 9.17) is 4.74 Å². The van der Waals surface area contributed by atoms with E-state index in [-0.39, 0.29) is 23.5 Å². The zero-order valence-corrected chi connectivity index (χ0v) is 21.6. The Bertz CT molecular complexity index is 1110. The second kappa shape index (κ2) is 10.1. The molecule has 34 heavy (non-hydrogen) atoms. The van der Waals surface area contributed by atoms with Gasteiger partial charge in [0.2, 0.25) is 5.82 Å². The van der Waals surface area contributed by atoms with Gasteiger partial charge in [-0.2, -0.15) is 4.80 Å². The third-order valence-electron chi connectivity index (χ3n) is 5.30. The predicted octanol–water partition coefficient (Wildman–Crippen LogP) is 5.22. The van der Waals surface area contributed by atoms with Crippen molar-refractivity contribution in [2.45, 2.75) is 79.1 Å². The molecule has 2 aromatic carbocycles. The fourth-order valence-electron chi connectivity index (χ4n) is 3.52. The molecule has 0 bridgehead atoms. The third kappa shape index (κ3) is 6.50. The molecule has 1 heterocycles. The van der Waals surface area contributed by atoms with Gasteiger partial charge in [0.05, 0.1) is 5.54 Å². The molecule has 1 N–H and O–H groups in total. The molecule has 7 nitrogen and oxygen atoms in total. The van der Waals surface area contributed by atoms with Gasteiger partial charge in [-0.15, -0.1) is 10.2 Å². The van der Waals surface area contributed by atoms with Crippen molar-refractivity contribution >= 4 is 5.97 Å². The lowest BCUT2D eigenvalue weighted by atomic mass is 9.98. The molecule has 1 atom stereocenters. The molecule has 0 aliphatic carbocycles. The maximum absolute atomic E-state index is 12.6. The highest BCUT2D eigenvalue weighted by Crippen LogP contribution is 2.30. The molecule has 0 aliphatic rings. The molecule has 0 fully saturated rings. The van der Waals surface area contributed by atoms with Crippen molar-refractivity contribution in [1.29, 1.82) is 0 Å². The summed E-state index contributed by atoms with van der Waals surface area (Å²) in [5.74, 6) is 0.507. The van der Waals surface area contributed by atoms with E-state index in [2.05, 4.69) is 51.1 Å². The van der Waals surface area contributed by atoms with Crippen LogP contribution in [0.3, 0.4) is 0 Å². The highest BCUT2D eigenvalue weighted by molar-refractivity contribution is 5.80. The van der Waals surface area contributed by atoms with E-state index in [0.29, 0.717) is 12.4 Å². The van der Waals surface area contributed by atoms with Gasteiger partial charge in [-0.1, -0.05) is 62.4 Å². The van der Waals surface area contributed by atoms with E-state index in [1.165, 1.54) is 0 Å². The number of carbonyl (C=O) groups excluding carboxylic acids is 1. The first-order chi connectivity index (χ1) is 15.8. The lowest BCUT2D eigenvalue weighted by molar-refractivity contribution is -0.158. The summed E-state index contributed by atoms with van der Waals surface area (Å²) in [6, 6.07) is 16.0. The molecule has 0 saturated carbocycles. The van der Waals surface area contributed by atoms with Gasteiger partial charge in [0, 0.05) is 12.1 Å². The van der Waals surface area contributed by atoms with Crippen molar-refractivity contribution in [3.63, 3.8) is 0 Å². The first-order valence-corrected chi connectivity index (χ1v) is 11.8. The Hall–Kier alpha value is -3.06. The number of rotatable bonds is 7. The van der Waals surface area contributed by atoms with Crippen molar-refractivity contribution in [3.8, 4) is 22.5 Å².